The van der Waals surface area contributed by atoms with E-state index in [1.165, 1.54) is 16.7 Å². The fraction of sp³-hybridized carbons (Fsp3) is 0.273. The fourth-order valence-corrected chi connectivity index (χ4v) is 1.97. The van der Waals surface area contributed by atoms with Crippen molar-refractivity contribution in [1.82, 2.24) is 4.90 Å². The summed E-state index contributed by atoms with van der Waals surface area (Å²) in [7, 11) is 3.38. The molecule has 0 spiro atoms. The van der Waals surface area contributed by atoms with Crippen molar-refractivity contribution in [3.05, 3.63) is 28.2 Å². The van der Waals surface area contributed by atoms with Gasteiger partial charge >= 0.3 is 0 Å². The van der Waals surface area contributed by atoms with E-state index < -0.39 is 0 Å². The van der Waals surface area contributed by atoms with Gasteiger partial charge in [-0.1, -0.05) is 35.0 Å². The highest BCUT2D eigenvalue weighted by Gasteiger charge is 2.06. The predicted octanol–water partition coefficient (Wildman–Crippen LogP) is 2.76. The van der Waals surface area contributed by atoms with Crippen molar-refractivity contribution in [1.29, 1.82) is 0 Å². The zero-order valence-electron chi connectivity index (χ0n) is 9.98. The van der Waals surface area contributed by atoms with Crippen LogP contribution in [-0.4, -0.2) is 35.8 Å². The van der Waals surface area contributed by atoms with Gasteiger partial charge in [0.25, 0.3) is 0 Å². The van der Waals surface area contributed by atoms with Crippen LogP contribution in [0.1, 0.15) is 0 Å². The number of rotatable bonds is 3. The van der Waals surface area contributed by atoms with Crippen molar-refractivity contribution in [3.8, 4) is 0 Å². The summed E-state index contributed by atoms with van der Waals surface area (Å²) >= 11 is 12.8. The minimum absolute atomic E-state index is 0.0210. The van der Waals surface area contributed by atoms with Gasteiger partial charge in [0.15, 0.2) is 5.17 Å². The average molecular weight is 306 g/mol. The summed E-state index contributed by atoms with van der Waals surface area (Å²) in [6.07, 6.45) is 0. The van der Waals surface area contributed by atoms with Gasteiger partial charge in [-0.15, -0.1) is 0 Å². The van der Waals surface area contributed by atoms with Crippen LogP contribution >= 0.6 is 35.0 Å². The molecule has 0 fully saturated rings. The lowest BCUT2D eigenvalue weighted by atomic mass is 10.3. The van der Waals surface area contributed by atoms with Crippen LogP contribution in [0.5, 0.6) is 0 Å². The van der Waals surface area contributed by atoms with Gasteiger partial charge in [0, 0.05) is 14.1 Å². The first-order valence-electron chi connectivity index (χ1n) is 5.02. The molecule has 98 valence electrons. The van der Waals surface area contributed by atoms with Crippen molar-refractivity contribution in [3.63, 3.8) is 0 Å². The maximum atomic E-state index is 11.4. The van der Waals surface area contributed by atoms with Crippen LogP contribution < -0.4 is 5.73 Å². The summed E-state index contributed by atoms with van der Waals surface area (Å²) in [5.41, 5.74) is 6.31. The third-order valence-corrected chi connectivity index (χ3v) is 3.50. The van der Waals surface area contributed by atoms with Crippen LogP contribution in [0.25, 0.3) is 0 Å². The average Bonchev–Trinajstić information content (AvgIpc) is 2.30. The molecule has 7 heteroatoms. The molecular weight excluding hydrogens is 293 g/mol. The summed E-state index contributed by atoms with van der Waals surface area (Å²) in [6.45, 7) is 0. The smallest absolute Gasteiger partial charge is 0.232 e. The highest BCUT2D eigenvalue weighted by Crippen LogP contribution is 2.26. The second-order valence-electron chi connectivity index (χ2n) is 3.63. The van der Waals surface area contributed by atoms with E-state index in [1.807, 2.05) is 0 Å². The first-order chi connectivity index (χ1) is 8.40. The number of amides is 1. The molecule has 0 aromatic heterocycles. The first-order valence-corrected chi connectivity index (χ1v) is 6.76. The summed E-state index contributed by atoms with van der Waals surface area (Å²) in [4.78, 5) is 17.0. The highest BCUT2D eigenvalue weighted by atomic mass is 35.5. The fourth-order valence-electron chi connectivity index (χ4n) is 0.979. The third-order valence-electron chi connectivity index (χ3n) is 1.98. The van der Waals surface area contributed by atoms with E-state index in [-0.39, 0.29) is 11.7 Å². The molecule has 0 aliphatic heterocycles. The van der Waals surface area contributed by atoms with Crippen LogP contribution in [0.4, 0.5) is 5.69 Å². The minimum atomic E-state index is -0.0210. The third kappa shape index (κ3) is 4.76. The number of benzene rings is 1. The highest BCUT2D eigenvalue weighted by molar-refractivity contribution is 8.14. The second kappa shape index (κ2) is 6.87. The number of halogens is 2. The Labute approximate surface area is 120 Å². The van der Waals surface area contributed by atoms with E-state index in [1.54, 1.807) is 32.3 Å². The molecule has 1 rings (SSSR count). The van der Waals surface area contributed by atoms with Crippen LogP contribution in [0.15, 0.2) is 23.2 Å². The topological polar surface area (TPSA) is 58.7 Å². The van der Waals surface area contributed by atoms with E-state index in [0.717, 1.165) is 0 Å². The SMILES string of the molecule is CN(C)C(=O)CSC(N)=Nc1ccc(Cl)c(Cl)c1. The maximum absolute atomic E-state index is 11.4. The molecule has 0 bridgehead atoms. The Bertz CT molecular complexity index is 477. The molecule has 1 amide bonds. The number of nitrogens with two attached hydrogens (primary N) is 1. The first kappa shape index (κ1) is 15.1. The number of amidine groups is 1. The number of thioether (sulfide) groups is 1. The molecule has 2 N–H and O–H groups in total. The van der Waals surface area contributed by atoms with Crippen LogP contribution in [0, 0.1) is 0 Å². The van der Waals surface area contributed by atoms with E-state index in [9.17, 15) is 4.79 Å². The van der Waals surface area contributed by atoms with Gasteiger partial charge in [-0.05, 0) is 18.2 Å². The molecule has 0 heterocycles. The molecule has 0 unspecified atom stereocenters. The number of aliphatic imine (C=N–C) groups is 1. The number of nitrogens with zero attached hydrogens (tertiary/aromatic N) is 2. The van der Waals surface area contributed by atoms with Crippen LogP contribution in [-0.2, 0) is 4.79 Å². The maximum Gasteiger partial charge on any atom is 0.232 e. The molecule has 4 nitrogen and oxygen atoms in total. The molecule has 0 saturated heterocycles. The molecule has 0 radical (unpaired) electrons. The van der Waals surface area contributed by atoms with Gasteiger partial charge in [0.2, 0.25) is 5.91 Å². The quantitative estimate of drug-likeness (QED) is 0.690. The molecule has 18 heavy (non-hydrogen) atoms. The largest absolute Gasteiger partial charge is 0.378 e. The summed E-state index contributed by atoms with van der Waals surface area (Å²) in [5, 5.41) is 1.19. The van der Waals surface area contributed by atoms with E-state index in [0.29, 0.717) is 20.9 Å². The standard InChI is InChI=1S/C11H13Cl2N3OS/c1-16(2)10(17)6-18-11(14)15-7-3-4-8(12)9(13)5-7/h3-5H,6H2,1-2H3,(H2,14,15). The van der Waals surface area contributed by atoms with Crippen molar-refractivity contribution in [2.75, 3.05) is 19.8 Å². The zero-order valence-corrected chi connectivity index (χ0v) is 12.3. The Morgan fingerprint density at radius 3 is 2.61 bits per heavy atom. The van der Waals surface area contributed by atoms with E-state index in [2.05, 4.69) is 4.99 Å². The zero-order chi connectivity index (χ0) is 13.7. The molecule has 0 aliphatic carbocycles. The lowest BCUT2D eigenvalue weighted by molar-refractivity contribution is -0.125. The number of carbonyl (C=O) groups is 1. The van der Waals surface area contributed by atoms with Gasteiger partial charge in [-0.2, -0.15) is 0 Å². The van der Waals surface area contributed by atoms with E-state index >= 15 is 0 Å². The van der Waals surface area contributed by atoms with Crippen molar-refractivity contribution in [2.45, 2.75) is 0 Å². The Kier molecular flexibility index (Phi) is 5.78. The number of carbonyl (C=O) groups excluding carboxylic acids is 1. The molecular formula is C11H13Cl2N3OS. The van der Waals surface area contributed by atoms with Crippen LogP contribution in [0.3, 0.4) is 0 Å². The lowest BCUT2D eigenvalue weighted by Crippen LogP contribution is -2.25. The molecule has 1 aromatic rings. The van der Waals surface area contributed by atoms with Gasteiger partial charge in [-0.25, -0.2) is 4.99 Å². The van der Waals surface area contributed by atoms with Gasteiger partial charge in [0.05, 0.1) is 21.5 Å². The Hall–Kier alpha value is -0.910. The van der Waals surface area contributed by atoms with Crippen LogP contribution in [0.2, 0.25) is 10.0 Å². The lowest BCUT2D eigenvalue weighted by Gasteiger charge is -2.09. The van der Waals surface area contributed by atoms with Gasteiger partial charge in [0.1, 0.15) is 0 Å². The van der Waals surface area contributed by atoms with Gasteiger partial charge < -0.3 is 10.6 Å². The summed E-state index contributed by atoms with van der Waals surface area (Å²) < 4.78 is 0. The molecule has 0 aliphatic rings. The molecule has 1 aromatic carbocycles. The normalized spacial score (nSPS) is 11.4. The molecule has 0 atom stereocenters. The monoisotopic (exact) mass is 305 g/mol. The number of hydrogen-bond donors (Lipinski definition) is 1. The summed E-state index contributed by atoms with van der Waals surface area (Å²) in [5.74, 6) is 0.233. The van der Waals surface area contributed by atoms with Crippen molar-refractivity contribution in [2.24, 2.45) is 10.7 Å². The Morgan fingerprint density at radius 2 is 2.06 bits per heavy atom. The second-order valence-corrected chi connectivity index (χ2v) is 5.44. The van der Waals surface area contributed by atoms with Crippen molar-refractivity contribution >= 4 is 51.7 Å². The summed E-state index contributed by atoms with van der Waals surface area (Å²) in [6, 6.07) is 4.96. The minimum Gasteiger partial charge on any atom is -0.378 e. The predicted molar refractivity (Wildman–Crippen MR) is 78.9 cm³/mol. The van der Waals surface area contributed by atoms with E-state index in [4.69, 9.17) is 28.9 Å². The van der Waals surface area contributed by atoms with Crippen molar-refractivity contribution < 1.29 is 4.79 Å². The molecule has 0 saturated carbocycles. The number of hydrogen-bond acceptors (Lipinski definition) is 3. The Morgan fingerprint density at radius 1 is 1.39 bits per heavy atom. The van der Waals surface area contributed by atoms with Gasteiger partial charge in [-0.3, -0.25) is 4.79 Å². The Balaban J connectivity index is 2.65.